The molecule has 1 saturated heterocycles. The molecule has 2 fully saturated rings. The smallest absolute Gasteiger partial charge is 0.107 e. The van der Waals surface area contributed by atoms with Crippen molar-refractivity contribution in [2.24, 2.45) is 0 Å². The second kappa shape index (κ2) is 2.84. The topological polar surface area (TPSA) is 36.6 Å². The zero-order chi connectivity index (χ0) is 9.60. The first-order chi connectivity index (χ1) is 6.78. The number of likely N-dealkylation sites (tertiary alicyclic amines) is 1. The van der Waals surface area contributed by atoms with E-state index in [0.29, 0.717) is 0 Å². The Morgan fingerprint density at radius 1 is 1.50 bits per heavy atom. The van der Waals surface area contributed by atoms with Gasteiger partial charge in [-0.2, -0.15) is 0 Å². The first-order valence-electron chi connectivity index (χ1n) is 5.27. The molecule has 1 aromatic rings. The van der Waals surface area contributed by atoms with Crippen LogP contribution in [0.4, 0.5) is 0 Å². The van der Waals surface area contributed by atoms with Gasteiger partial charge in [-0.3, -0.25) is 4.90 Å². The van der Waals surface area contributed by atoms with E-state index in [1.807, 2.05) is 6.07 Å². The molecule has 1 aliphatic carbocycles. The highest BCUT2D eigenvalue weighted by atomic mass is 16.3. The van der Waals surface area contributed by atoms with Crippen molar-refractivity contribution in [2.75, 3.05) is 13.1 Å². The first-order valence-corrected chi connectivity index (χ1v) is 5.27. The largest absolute Gasteiger partial charge is 0.472 e. The summed E-state index contributed by atoms with van der Waals surface area (Å²) in [5.74, 6) is 0. The summed E-state index contributed by atoms with van der Waals surface area (Å²) < 4.78 is 5.02. The van der Waals surface area contributed by atoms with Crippen LogP contribution in [0, 0.1) is 0 Å². The summed E-state index contributed by atoms with van der Waals surface area (Å²) in [7, 11) is 0. The molecular weight excluding hydrogens is 178 g/mol. The molecule has 1 aliphatic heterocycles. The summed E-state index contributed by atoms with van der Waals surface area (Å²) in [6.45, 7) is 1.80. The van der Waals surface area contributed by atoms with E-state index >= 15 is 0 Å². The lowest BCUT2D eigenvalue weighted by molar-refractivity contribution is 0.0446. The lowest BCUT2D eigenvalue weighted by atomic mass is 9.96. The van der Waals surface area contributed by atoms with Crippen LogP contribution in [0.1, 0.15) is 24.8 Å². The maximum atomic E-state index is 10.4. The van der Waals surface area contributed by atoms with Crippen LogP contribution in [-0.4, -0.2) is 29.1 Å². The predicted octanol–water partition coefficient (Wildman–Crippen LogP) is 1.34. The van der Waals surface area contributed by atoms with Crippen LogP contribution in [0.5, 0.6) is 0 Å². The number of β-amino-alcohol motifs (C(OH)–C–C–N with tert-alkyl or cyclic N) is 1. The third-order valence-corrected chi connectivity index (χ3v) is 3.40. The molecule has 1 atom stereocenters. The van der Waals surface area contributed by atoms with Gasteiger partial charge in [0, 0.05) is 24.7 Å². The van der Waals surface area contributed by atoms with Crippen LogP contribution in [-0.2, 0) is 5.60 Å². The highest BCUT2D eigenvalue weighted by Gasteiger charge is 2.43. The highest BCUT2D eigenvalue weighted by Crippen LogP contribution is 2.38. The van der Waals surface area contributed by atoms with Crippen LogP contribution >= 0.6 is 0 Å². The molecule has 3 nitrogen and oxygen atoms in total. The lowest BCUT2D eigenvalue weighted by Gasteiger charge is -2.21. The molecule has 1 unspecified atom stereocenters. The van der Waals surface area contributed by atoms with Gasteiger partial charge in [-0.15, -0.1) is 0 Å². The second-order valence-electron chi connectivity index (χ2n) is 4.50. The molecular formula is C11H15NO2. The Morgan fingerprint density at radius 3 is 3.00 bits per heavy atom. The van der Waals surface area contributed by atoms with Crippen molar-refractivity contribution in [3.63, 3.8) is 0 Å². The Labute approximate surface area is 83.3 Å². The quantitative estimate of drug-likeness (QED) is 0.770. The third kappa shape index (κ3) is 1.28. The van der Waals surface area contributed by atoms with E-state index in [1.165, 1.54) is 12.8 Å². The summed E-state index contributed by atoms with van der Waals surface area (Å²) in [5.41, 5.74) is 0.274. The minimum atomic E-state index is -0.657. The number of furan rings is 1. The van der Waals surface area contributed by atoms with Crippen LogP contribution in [0.25, 0.3) is 0 Å². The number of aliphatic hydroxyl groups is 1. The van der Waals surface area contributed by atoms with Gasteiger partial charge in [-0.25, -0.2) is 0 Å². The van der Waals surface area contributed by atoms with Crippen LogP contribution in [0.3, 0.4) is 0 Å². The number of hydrogen-bond acceptors (Lipinski definition) is 3. The van der Waals surface area contributed by atoms with E-state index in [4.69, 9.17) is 4.42 Å². The minimum absolute atomic E-state index is 0.657. The number of nitrogens with zero attached hydrogens (tertiary/aromatic N) is 1. The Hall–Kier alpha value is -0.800. The van der Waals surface area contributed by atoms with Crippen molar-refractivity contribution < 1.29 is 9.52 Å². The van der Waals surface area contributed by atoms with Crippen molar-refractivity contribution >= 4 is 0 Å². The minimum Gasteiger partial charge on any atom is -0.472 e. The Balaban J connectivity index is 1.78. The maximum Gasteiger partial charge on any atom is 0.107 e. The third-order valence-electron chi connectivity index (χ3n) is 3.40. The molecule has 0 radical (unpaired) electrons. The van der Waals surface area contributed by atoms with Gasteiger partial charge in [-0.05, 0) is 25.3 Å². The standard InChI is InChI=1S/C11H15NO2/c13-11(9-3-6-14-7-9)4-5-12(8-11)10-1-2-10/h3,6-7,10,13H,1-2,4-5,8H2. The van der Waals surface area contributed by atoms with E-state index in [9.17, 15) is 5.11 Å². The summed E-state index contributed by atoms with van der Waals surface area (Å²) in [5, 5.41) is 10.4. The zero-order valence-electron chi connectivity index (χ0n) is 8.15. The van der Waals surface area contributed by atoms with Gasteiger partial charge >= 0.3 is 0 Å². The average Bonchev–Trinajstić information content (AvgIpc) is 2.74. The summed E-state index contributed by atoms with van der Waals surface area (Å²) in [6.07, 6.45) is 6.75. The molecule has 3 heteroatoms. The van der Waals surface area contributed by atoms with Gasteiger partial charge in [0.2, 0.25) is 0 Å². The fourth-order valence-electron chi connectivity index (χ4n) is 2.34. The molecule has 0 aromatic carbocycles. The molecule has 0 spiro atoms. The molecule has 14 heavy (non-hydrogen) atoms. The fraction of sp³-hybridized carbons (Fsp3) is 0.636. The van der Waals surface area contributed by atoms with Gasteiger partial charge in [0.15, 0.2) is 0 Å². The van der Waals surface area contributed by atoms with Crippen molar-refractivity contribution in [3.8, 4) is 0 Å². The molecule has 2 aliphatic rings. The Kier molecular flexibility index (Phi) is 1.73. The second-order valence-corrected chi connectivity index (χ2v) is 4.50. The van der Waals surface area contributed by atoms with E-state index in [0.717, 1.165) is 31.1 Å². The number of hydrogen-bond donors (Lipinski definition) is 1. The van der Waals surface area contributed by atoms with Gasteiger partial charge in [0.25, 0.3) is 0 Å². The van der Waals surface area contributed by atoms with Crippen LogP contribution in [0.2, 0.25) is 0 Å². The van der Waals surface area contributed by atoms with Gasteiger partial charge in [0.1, 0.15) is 5.60 Å². The first kappa shape index (κ1) is 8.50. The lowest BCUT2D eigenvalue weighted by Crippen LogP contribution is -2.31. The van der Waals surface area contributed by atoms with Crippen molar-refractivity contribution in [3.05, 3.63) is 24.2 Å². The van der Waals surface area contributed by atoms with Gasteiger partial charge in [-0.1, -0.05) is 0 Å². The van der Waals surface area contributed by atoms with E-state index < -0.39 is 5.60 Å². The predicted molar refractivity (Wildman–Crippen MR) is 51.8 cm³/mol. The highest BCUT2D eigenvalue weighted by molar-refractivity contribution is 5.19. The molecule has 3 rings (SSSR count). The number of rotatable bonds is 2. The fourth-order valence-corrected chi connectivity index (χ4v) is 2.34. The molecule has 0 bridgehead atoms. The molecule has 1 saturated carbocycles. The molecule has 0 amide bonds. The maximum absolute atomic E-state index is 10.4. The zero-order valence-corrected chi connectivity index (χ0v) is 8.15. The van der Waals surface area contributed by atoms with Gasteiger partial charge < -0.3 is 9.52 Å². The monoisotopic (exact) mass is 193 g/mol. The van der Waals surface area contributed by atoms with Gasteiger partial charge in [0.05, 0.1) is 12.5 Å². The molecule has 1 N–H and O–H groups in total. The van der Waals surface area contributed by atoms with E-state index in [2.05, 4.69) is 4.90 Å². The van der Waals surface area contributed by atoms with E-state index in [1.54, 1.807) is 12.5 Å². The van der Waals surface area contributed by atoms with Crippen molar-refractivity contribution in [1.29, 1.82) is 0 Å². The Morgan fingerprint density at radius 2 is 2.36 bits per heavy atom. The van der Waals surface area contributed by atoms with E-state index in [-0.39, 0.29) is 0 Å². The normalized spacial score (nSPS) is 33.8. The van der Waals surface area contributed by atoms with Crippen molar-refractivity contribution in [1.82, 2.24) is 4.90 Å². The molecule has 2 heterocycles. The molecule has 1 aromatic heterocycles. The Bertz CT molecular complexity index is 318. The van der Waals surface area contributed by atoms with Crippen molar-refractivity contribution in [2.45, 2.75) is 30.9 Å². The SMILES string of the molecule is OC1(c2ccoc2)CCN(C2CC2)C1. The molecule has 76 valence electrons. The average molecular weight is 193 g/mol. The summed E-state index contributed by atoms with van der Waals surface area (Å²) in [4.78, 5) is 2.40. The van der Waals surface area contributed by atoms with Crippen LogP contribution < -0.4 is 0 Å². The summed E-state index contributed by atoms with van der Waals surface area (Å²) >= 11 is 0. The van der Waals surface area contributed by atoms with Crippen LogP contribution in [0.15, 0.2) is 23.0 Å². The summed E-state index contributed by atoms with van der Waals surface area (Å²) in [6, 6.07) is 2.62.